The molecule has 0 fully saturated rings. The van der Waals surface area contributed by atoms with Crippen LogP contribution in [-0.2, 0) is 9.63 Å². The Kier molecular flexibility index (Phi) is 4.18. The monoisotopic (exact) mass is 350 g/mol. The normalized spacial score (nSPS) is 16.0. The first-order valence-electron chi connectivity index (χ1n) is 8.08. The molecule has 130 valence electrons. The average molecular weight is 350 g/mol. The summed E-state index contributed by atoms with van der Waals surface area (Å²) in [5.41, 5.74) is 2.92. The Morgan fingerprint density at radius 3 is 2.62 bits per heavy atom. The second kappa shape index (κ2) is 6.79. The highest BCUT2D eigenvalue weighted by Gasteiger charge is 2.28. The summed E-state index contributed by atoms with van der Waals surface area (Å²) in [7, 11) is 0. The van der Waals surface area contributed by atoms with Crippen LogP contribution in [0.5, 0.6) is 0 Å². The fourth-order valence-electron chi connectivity index (χ4n) is 2.67. The maximum absolute atomic E-state index is 13.0. The Balaban J connectivity index is 1.38. The summed E-state index contributed by atoms with van der Waals surface area (Å²) in [6, 6.07) is 15.1. The molecular weight excluding hydrogens is 335 g/mol. The second-order valence-electron chi connectivity index (χ2n) is 5.83. The molecule has 0 aliphatic carbocycles. The molecule has 0 radical (unpaired) electrons. The topological polar surface area (TPSA) is 68.5 Å². The van der Waals surface area contributed by atoms with E-state index < -0.39 is 6.10 Å². The van der Waals surface area contributed by atoms with Gasteiger partial charge in [-0.3, -0.25) is 4.79 Å². The third-order valence-corrected chi connectivity index (χ3v) is 4.04. The van der Waals surface area contributed by atoms with Crippen LogP contribution in [0.2, 0.25) is 0 Å². The quantitative estimate of drug-likeness (QED) is 0.786. The Bertz CT molecular complexity index is 935. The molecule has 2 aromatic carbocycles. The molecule has 1 amide bonds. The third kappa shape index (κ3) is 3.32. The summed E-state index contributed by atoms with van der Waals surface area (Å²) in [6.07, 6.45) is 3.17. The van der Waals surface area contributed by atoms with E-state index in [2.05, 4.69) is 15.6 Å². The van der Waals surface area contributed by atoms with E-state index in [9.17, 15) is 9.18 Å². The molecule has 0 spiro atoms. The molecule has 1 atom stereocenters. The molecule has 4 rings (SSSR count). The van der Waals surface area contributed by atoms with E-state index >= 15 is 0 Å². The third-order valence-electron chi connectivity index (χ3n) is 4.04. The number of benzene rings is 2. The van der Waals surface area contributed by atoms with Gasteiger partial charge in [0.05, 0.1) is 11.4 Å². The van der Waals surface area contributed by atoms with Crippen LogP contribution in [-0.4, -0.2) is 27.5 Å². The molecule has 0 saturated heterocycles. The van der Waals surface area contributed by atoms with Crippen molar-refractivity contribution >= 4 is 17.3 Å². The Morgan fingerprint density at radius 1 is 1.15 bits per heavy atom. The van der Waals surface area contributed by atoms with Gasteiger partial charge >= 0.3 is 0 Å². The van der Waals surface area contributed by atoms with Gasteiger partial charge in [0, 0.05) is 24.5 Å². The van der Waals surface area contributed by atoms with Gasteiger partial charge in [-0.1, -0.05) is 17.3 Å². The fourth-order valence-corrected chi connectivity index (χ4v) is 2.67. The molecule has 7 heteroatoms. The van der Waals surface area contributed by atoms with Crippen LogP contribution in [0.4, 0.5) is 10.1 Å². The van der Waals surface area contributed by atoms with E-state index in [1.807, 2.05) is 24.4 Å². The highest BCUT2D eigenvalue weighted by molar-refractivity contribution is 6.06. The summed E-state index contributed by atoms with van der Waals surface area (Å²) in [6.45, 7) is 0. The van der Waals surface area contributed by atoms with Crippen LogP contribution in [0.3, 0.4) is 0 Å². The predicted octanol–water partition coefficient (Wildman–Crippen LogP) is 3.14. The van der Waals surface area contributed by atoms with E-state index in [-0.39, 0.29) is 11.7 Å². The van der Waals surface area contributed by atoms with E-state index in [0.29, 0.717) is 17.8 Å². The lowest BCUT2D eigenvalue weighted by Crippen LogP contribution is -2.28. The zero-order valence-electron chi connectivity index (χ0n) is 13.7. The van der Waals surface area contributed by atoms with Gasteiger partial charge in [0.15, 0.2) is 0 Å². The highest BCUT2D eigenvalue weighted by Crippen LogP contribution is 2.19. The minimum Gasteiger partial charge on any atom is -0.382 e. The van der Waals surface area contributed by atoms with Gasteiger partial charge in [0.2, 0.25) is 6.10 Å². The van der Waals surface area contributed by atoms with Gasteiger partial charge < -0.3 is 10.2 Å². The van der Waals surface area contributed by atoms with Crippen molar-refractivity contribution in [3.8, 4) is 5.69 Å². The number of anilines is 1. The minimum absolute atomic E-state index is 0.280. The average Bonchev–Trinajstić information content (AvgIpc) is 3.35. The molecular formula is C19H15FN4O2. The van der Waals surface area contributed by atoms with Crippen molar-refractivity contribution in [2.75, 3.05) is 5.32 Å². The lowest BCUT2D eigenvalue weighted by Gasteiger charge is -2.10. The Hall–Kier alpha value is -3.48. The lowest BCUT2D eigenvalue weighted by molar-refractivity contribution is -0.125. The fraction of sp³-hybridized carbons (Fsp3) is 0.105. The largest absolute Gasteiger partial charge is 0.382 e. The standard InChI is InChI=1S/C19H15FN4O2/c20-14-4-2-13(3-5-14)17-12-18(26-23-17)19(25)22-15-6-8-16(9-7-15)24-11-1-10-21-24/h1-11,18H,12H2,(H,22,25). The number of rotatable bonds is 4. The van der Waals surface area contributed by atoms with Crippen molar-refractivity contribution in [1.82, 2.24) is 9.78 Å². The second-order valence-corrected chi connectivity index (χ2v) is 5.83. The maximum atomic E-state index is 13.0. The van der Waals surface area contributed by atoms with Crippen LogP contribution in [0, 0.1) is 5.82 Å². The smallest absolute Gasteiger partial charge is 0.268 e. The van der Waals surface area contributed by atoms with Crippen molar-refractivity contribution < 1.29 is 14.0 Å². The lowest BCUT2D eigenvalue weighted by atomic mass is 10.0. The van der Waals surface area contributed by atoms with Crippen LogP contribution in [0.25, 0.3) is 5.69 Å². The van der Waals surface area contributed by atoms with Crippen LogP contribution in [0.1, 0.15) is 12.0 Å². The number of hydrogen-bond donors (Lipinski definition) is 1. The molecule has 2 heterocycles. The zero-order valence-corrected chi connectivity index (χ0v) is 13.7. The number of halogens is 1. The van der Waals surface area contributed by atoms with Crippen molar-refractivity contribution in [2.45, 2.75) is 12.5 Å². The van der Waals surface area contributed by atoms with Gasteiger partial charge in [0.25, 0.3) is 5.91 Å². The van der Waals surface area contributed by atoms with E-state index in [0.717, 1.165) is 11.3 Å². The molecule has 6 nitrogen and oxygen atoms in total. The molecule has 1 N–H and O–H groups in total. The molecule has 0 saturated carbocycles. The number of carbonyl (C=O) groups excluding carboxylic acids is 1. The first-order chi connectivity index (χ1) is 12.7. The Labute approximate surface area is 148 Å². The van der Waals surface area contributed by atoms with E-state index in [1.54, 1.807) is 35.1 Å². The number of hydrogen-bond acceptors (Lipinski definition) is 4. The highest BCUT2D eigenvalue weighted by atomic mass is 19.1. The SMILES string of the molecule is O=C(Nc1ccc(-n2cccn2)cc1)C1CC(c2ccc(F)cc2)=NO1. The van der Waals surface area contributed by atoms with Gasteiger partial charge in [0.1, 0.15) is 5.82 Å². The van der Waals surface area contributed by atoms with Crippen molar-refractivity contribution in [3.63, 3.8) is 0 Å². The van der Waals surface area contributed by atoms with Gasteiger partial charge in [-0.25, -0.2) is 9.07 Å². The van der Waals surface area contributed by atoms with Crippen molar-refractivity contribution in [3.05, 3.63) is 78.4 Å². The zero-order chi connectivity index (χ0) is 17.9. The number of nitrogens with one attached hydrogen (secondary N) is 1. The predicted molar refractivity (Wildman–Crippen MR) is 94.6 cm³/mol. The number of amides is 1. The number of carbonyl (C=O) groups is 1. The number of oxime groups is 1. The summed E-state index contributed by atoms with van der Waals surface area (Å²) < 4.78 is 14.7. The van der Waals surface area contributed by atoms with Crippen LogP contribution >= 0.6 is 0 Å². The maximum Gasteiger partial charge on any atom is 0.268 e. The molecule has 1 aliphatic rings. The van der Waals surface area contributed by atoms with Gasteiger partial charge in [-0.15, -0.1) is 0 Å². The first-order valence-corrected chi connectivity index (χ1v) is 8.08. The molecule has 0 bridgehead atoms. The summed E-state index contributed by atoms with van der Waals surface area (Å²) >= 11 is 0. The molecule has 26 heavy (non-hydrogen) atoms. The van der Waals surface area contributed by atoms with E-state index in [4.69, 9.17) is 4.84 Å². The molecule has 3 aromatic rings. The Morgan fingerprint density at radius 2 is 1.92 bits per heavy atom. The molecule has 1 aromatic heterocycles. The summed E-state index contributed by atoms with van der Waals surface area (Å²) in [5.74, 6) is -0.598. The van der Waals surface area contributed by atoms with Gasteiger partial charge in [-0.2, -0.15) is 5.10 Å². The van der Waals surface area contributed by atoms with Crippen LogP contribution < -0.4 is 5.32 Å². The van der Waals surface area contributed by atoms with Crippen molar-refractivity contribution in [2.24, 2.45) is 5.16 Å². The number of nitrogens with zero attached hydrogens (tertiary/aromatic N) is 3. The molecule has 1 unspecified atom stereocenters. The van der Waals surface area contributed by atoms with Crippen LogP contribution in [0.15, 0.2) is 72.1 Å². The summed E-state index contributed by atoms with van der Waals surface area (Å²) in [4.78, 5) is 17.6. The molecule has 1 aliphatic heterocycles. The van der Waals surface area contributed by atoms with E-state index in [1.165, 1.54) is 12.1 Å². The van der Waals surface area contributed by atoms with Crippen molar-refractivity contribution in [1.29, 1.82) is 0 Å². The minimum atomic E-state index is -0.708. The van der Waals surface area contributed by atoms with Gasteiger partial charge in [-0.05, 0) is 48.0 Å². The first kappa shape index (κ1) is 16.0. The number of aromatic nitrogens is 2. The summed E-state index contributed by atoms with van der Waals surface area (Å²) in [5, 5.41) is 10.9.